The molecule has 0 aliphatic carbocycles. The number of carboxylic acid groups (broad SMARTS) is 1. The second-order valence-corrected chi connectivity index (χ2v) is 4.80. The maximum absolute atomic E-state index is 11.6. The molecule has 1 aromatic carbocycles. The monoisotopic (exact) mass is 279 g/mol. The second kappa shape index (κ2) is 6.05. The summed E-state index contributed by atoms with van der Waals surface area (Å²) in [6.45, 7) is 3.11. The van der Waals surface area contributed by atoms with Crippen LogP contribution in [0.4, 0.5) is 4.79 Å². The standard InChI is InChI=1S/C13H17N3O4/c1-13(2,11(14)19)16-12(20)15-7-8-4-3-5-9(6-8)10(17)18/h3-6H,7H2,1-2H3,(H2,14,19)(H,17,18)(H2,15,16,20). The number of nitrogens with one attached hydrogen (secondary N) is 2. The van der Waals surface area contributed by atoms with Crippen molar-refractivity contribution >= 4 is 17.9 Å². The smallest absolute Gasteiger partial charge is 0.335 e. The van der Waals surface area contributed by atoms with Crippen molar-refractivity contribution in [3.63, 3.8) is 0 Å². The van der Waals surface area contributed by atoms with Gasteiger partial charge in [0.2, 0.25) is 5.91 Å². The summed E-state index contributed by atoms with van der Waals surface area (Å²) in [5, 5.41) is 13.8. The minimum absolute atomic E-state index is 0.141. The van der Waals surface area contributed by atoms with Crippen molar-refractivity contribution in [2.45, 2.75) is 25.9 Å². The number of urea groups is 1. The Kier molecular flexibility index (Phi) is 4.68. The molecule has 20 heavy (non-hydrogen) atoms. The van der Waals surface area contributed by atoms with E-state index in [4.69, 9.17) is 10.8 Å². The van der Waals surface area contributed by atoms with Crippen LogP contribution in [-0.2, 0) is 11.3 Å². The van der Waals surface area contributed by atoms with Crippen LogP contribution in [0.2, 0.25) is 0 Å². The first-order valence-corrected chi connectivity index (χ1v) is 5.90. The van der Waals surface area contributed by atoms with Crippen LogP contribution in [0.5, 0.6) is 0 Å². The predicted octanol–water partition coefficient (Wildman–Crippen LogP) is 0.448. The van der Waals surface area contributed by atoms with Crippen molar-refractivity contribution in [2.24, 2.45) is 5.73 Å². The van der Waals surface area contributed by atoms with Crippen molar-refractivity contribution in [2.75, 3.05) is 0 Å². The molecule has 0 unspecified atom stereocenters. The average molecular weight is 279 g/mol. The van der Waals surface area contributed by atoms with Crippen LogP contribution < -0.4 is 16.4 Å². The maximum Gasteiger partial charge on any atom is 0.335 e. The largest absolute Gasteiger partial charge is 0.478 e. The molecular formula is C13H17N3O4. The molecule has 0 radical (unpaired) electrons. The van der Waals surface area contributed by atoms with Gasteiger partial charge in [0.1, 0.15) is 5.54 Å². The van der Waals surface area contributed by atoms with Gasteiger partial charge in [-0.05, 0) is 31.5 Å². The van der Waals surface area contributed by atoms with E-state index in [0.29, 0.717) is 5.56 Å². The van der Waals surface area contributed by atoms with E-state index in [-0.39, 0.29) is 12.1 Å². The lowest BCUT2D eigenvalue weighted by atomic mass is 10.1. The number of carboxylic acids is 1. The Morgan fingerprint density at radius 2 is 1.95 bits per heavy atom. The highest BCUT2D eigenvalue weighted by molar-refractivity contribution is 5.89. The lowest BCUT2D eigenvalue weighted by molar-refractivity contribution is -0.122. The highest BCUT2D eigenvalue weighted by Gasteiger charge is 2.26. The summed E-state index contributed by atoms with van der Waals surface area (Å²) in [5.41, 5.74) is 4.75. The van der Waals surface area contributed by atoms with E-state index >= 15 is 0 Å². The molecule has 1 rings (SSSR count). The zero-order chi connectivity index (χ0) is 15.3. The number of aromatic carboxylic acids is 1. The Labute approximate surface area is 116 Å². The number of carbonyl (C=O) groups excluding carboxylic acids is 2. The first kappa shape index (κ1) is 15.5. The summed E-state index contributed by atoms with van der Waals surface area (Å²) >= 11 is 0. The molecule has 108 valence electrons. The van der Waals surface area contributed by atoms with Crippen LogP contribution >= 0.6 is 0 Å². The highest BCUT2D eigenvalue weighted by atomic mass is 16.4. The molecule has 0 aromatic heterocycles. The molecule has 0 saturated heterocycles. The van der Waals surface area contributed by atoms with Gasteiger partial charge in [0.25, 0.3) is 0 Å². The molecule has 7 nitrogen and oxygen atoms in total. The van der Waals surface area contributed by atoms with E-state index in [1.165, 1.54) is 26.0 Å². The summed E-state index contributed by atoms with van der Waals surface area (Å²) in [5.74, 6) is -1.69. The highest BCUT2D eigenvalue weighted by Crippen LogP contribution is 2.05. The zero-order valence-corrected chi connectivity index (χ0v) is 11.3. The predicted molar refractivity (Wildman–Crippen MR) is 72.0 cm³/mol. The summed E-state index contributed by atoms with van der Waals surface area (Å²) in [4.78, 5) is 33.5. The number of hydrogen-bond acceptors (Lipinski definition) is 3. The minimum atomic E-state index is -1.16. The number of primary amides is 1. The first-order valence-electron chi connectivity index (χ1n) is 5.90. The summed E-state index contributed by atoms with van der Waals surface area (Å²) in [6.07, 6.45) is 0. The van der Waals surface area contributed by atoms with E-state index in [1.54, 1.807) is 12.1 Å². The molecule has 0 atom stereocenters. The van der Waals surface area contributed by atoms with E-state index < -0.39 is 23.4 Å². The Hall–Kier alpha value is -2.57. The summed E-state index contributed by atoms with van der Waals surface area (Å²) in [7, 11) is 0. The molecule has 0 bridgehead atoms. The van der Waals surface area contributed by atoms with Gasteiger partial charge in [0, 0.05) is 6.54 Å². The first-order chi connectivity index (χ1) is 9.22. The van der Waals surface area contributed by atoms with Crippen LogP contribution in [-0.4, -0.2) is 28.6 Å². The van der Waals surface area contributed by atoms with Gasteiger partial charge in [0.15, 0.2) is 0 Å². The number of amides is 3. The molecule has 0 fully saturated rings. The van der Waals surface area contributed by atoms with Crippen LogP contribution in [0.3, 0.4) is 0 Å². The van der Waals surface area contributed by atoms with Crippen molar-refractivity contribution in [1.29, 1.82) is 0 Å². The maximum atomic E-state index is 11.6. The lowest BCUT2D eigenvalue weighted by Crippen LogP contribution is -2.55. The third-order valence-corrected chi connectivity index (χ3v) is 2.67. The molecule has 0 spiro atoms. The van der Waals surface area contributed by atoms with Gasteiger partial charge in [0.05, 0.1) is 5.56 Å². The number of nitrogens with two attached hydrogens (primary N) is 1. The Morgan fingerprint density at radius 1 is 1.30 bits per heavy atom. The van der Waals surface area contributed by atoms with Crippen LogP contribution in [0.25, 0.3) is 0 Å². The molecule has 1 aromatic rings. The van der Waals surface area contributed by atoms with E-state index in [1.807, 2.05) is 0 Å². The normalized spacial score (nSPS) is 10.7. The second-order valence-electron chi connectivity index (χ2n) is 4.80. The number of hydrogen-bond donors (Lipinski definition) is 4. The van der Waals surface area contributed by atoms with E-state index in [0.717, 1.165) is 0 Å². The fraction of sp³-hybridized carbons (Fsp3) is 0.308. The van der Waals surface area contributed by atoms with Crippen LogP contribution in [0, 0.1) is 0 Å². The van der Waals surface area contributed by atoms with Gasteiger partial charge in [-0.25, -0.2) is 9.59 Å². The molecule has 7 heteroatoms. The lowest BCUT2D eigenvalue weighted by Gasteiger charge is -2.22. The van der Waals surface area contributed by atoms with Crippen LogP contribution in [0.1, 0.15) is 29.8 Å². The van der Waals surface area contributed by atoms with Gasteiger partial charge in [-0.1, -0.05) is 12.1 Å². The summed E-state index contributed by atoms with van der Waals surface area (Å²) < 4.78 is 0. The van der Waals surface area contributed by atoms with E-state index in [9.17, 15) is 14.4 Å². The SMILES string of the molecule is CC(C)(NC(=O)NCc1cccc(C(=O)O)c1)C(N)=O. The molecular weight excluding hydrogens is 262 g/mol. The zero-order valence-electron chi connectivity index (χ0n) is 11.3. The van der Waals surface area contributed by atoms with Gasteiger partial charge >= 0.3 is 12.0 Å². The van der Waals surface area contributed by atoms with Gasteiger partial charge in [-0.15, -0.1) is 0 Å². The third kappa shape index (κ3) is 4.27. The van der Waals surface area contributed by atoms with Gasteiger partial charge in [-0.3, -0.25) is 4.79 Å². The quantitative estimate of drug-likeness (QED) is 0.625. The molecule has 3 amide bonds. The third-order valence-electron chi connectivity index (χ3n) is 2.67. The number of rotatable bonds is 5. The Morgan fingerprint density at radius 3 is 2.50 bits per heavy atom. The molecule has 5 N–H and O–H groups in total. The fourth-order valence-corrected chi connectivity index (χ4v) is 1.39. The van der Waals surface area contributed by atoms with E-state index in [2.05, 4.69) is 10.6 Å². The van der Waals surface area contributed by atoms with Gasteiger partial charge in [-0.2, -0.15) is 0 Å². The number of carbonyl (C=O) groups is 3. The molecule has 0 saturated carbocycles. The number of benzene rings is 1. The van der Waals surface area contributed by atoms with Crippen LogP contribution in [0.15, 0.2) is 24.3 Å². The van der Waals surface area contributed by atoms with Crippen molar-refractivity contribution in [3.8, 4) is 0 Å². The molecule has 0 aliphatic heterocycles. The molecule has 0 aliphatic rings. The van der Waals surface area contributed by atoms with Gasteiger partial charge < -0.3 is 21.5 Å². The van der Waals surface area contributed by atoms with Crippen molar-refractivity contribution < 1.29 is 19.5 Å². The molecule has 0 heterocycles. The fourth-order valence-electron chi connectivity index (χ4n) is 1.39. The topological polar surface area (TPSA) is 122 Å². The Balaban J connectivity index is 2.59. The Bertz CT molecular complexity index is 540. The average Bonchev–Trinajstić information content (AvgIpc) is 2.36. The van der Waals surface area contributed by atoms with Crippen molar-refractivity contribution in [3.05, 3.63) is 35.4 Å². The minimum Gasteiger partial charge on any atom is -0.478 e. The van der Waals surface area contributed by atoms with Crippen molar-refractivity contribution in [1.82, 2.24) is 10.6 Å². The summed E-state index contributed by atoms with van der Waals surface area (Å²) in [6, 6.07) is 5.64.